The van der Waals surface area contributed by atoms with Crippen LogP contribution in [0, 0.1) is 15.5 Å². The van der Waals surface area contributed by atoms with Gasteiger partial charge in [0.1, 0.15) is 5.56 Å². The SMILES string of the molecule is C.CC(C)(CN1CCN(c2ccc(Cl)cc2)CC1)C(=O)N1CCC(Nc2ccc([N+](=O)[O-])c(C(F)(F)F)c2)CC1. The van der Waals surface area contributed by atoms with Gasteiger partial charge in [0, 0.05) is 74.3 Å². The zero-order valence-electron chi connectivity index (χ0n) is 22.0. The van der Waals surface area contributed by atoms with Crippen LogP contribution in [0.4, 0.5) is 30.2 Å². The van der Waals surface area contributed by atoms with Crippen molar-refractivity contribution in [2.45, 2.75) is 46.3 Å². The lowest BCUT2D eigenvalue weighted by Gasteiger charge is -2.42. The number of carbonyl (C=O) groups is 1. The summed E-state index contributed by atoms with van der Waals surface area (Å²) in [7, 11) is 0. The Balaban J connectivity index is 0.00000441. The summed E-state index contributed by atoms with van der Waals surface area (Å²) in [5.41, 5.74) is -1.52. The average Bonchev–Trinajstić information content (AvgIpc) is 2.89. The first-order valence-corrected chi connectivity index (χ1v) is 13.4. The first-order valence-electron chi connectivity index (χ1n) is 13.0. The number of likely N-dealkylation sites (tertiary alicyclic amines) is 1. The highest BCUT2D eigenvalue weighted by Gasteiger charge is 2.39. The van der Waals surface area contributed by atoms with E-state index in [1.165, 1.54) is 6.07 Å². The molecule has 0 saturated carbocycles. The summed E-state index contributed by atoms with van der Waals surface area (Å²) in [5.74, 6) is 0.0655. The molecule has 4 rings (SSSR count). The van der Waals surface area contributed by atoms with Crippen LogP contribution in [0.5, 0.6) is 0 Å². The van der Waals surface area contributed by atoms with Gasteiger partial charge in [-0.15, -0.1) is 0 Å². The molecule has 12 heteroatoms. The smallest absolute Gasteiger partial charge is 0.382 e. The number of nitro groups is 1. The maximum Gasteiger partial charge on any atom is 0.423 e. The number of hydrogen-bond acceptors (Lipinski definition) is 6. The van der Waals surface area contributed by atoms with E-state index in [2.05, 4.69) is 15.1 Å². The highest BCUT2D eigenvalue weighted by molar-refractivity contribution is 6.30. The fourth-order valence-electron chi connectivity index (χ4n) is 5.35. The Morgan fingerprint density at radius 2 is 1.62 bits per heavy atom. The minimum atomic E-state index is -4.83. The molecule has 8 nitrogen and oxygen atoms in total. The number of nitrogens with zero attached hydrogens (tertiary/aromatic N) is 4. The monoisotopic (exact) mass is 583 g/mol. The van der Waals surface area contributed by atoms with E-state index in [0.29, 0.717) is 37.5 Å². The van der Waals surface area contributed by atoms with E-state index in [-0.39, 0.29) is 25.1 Å². The van der Waals surface area contributed by atoms with Crippen LogP contribution in [0.15, 0.2) is 42.5 Å². The quantitative estimate of drug-likeness (QED) is 0.311. The van der Waals surface area contributed by atoms with Crippen molar-refractivity contribution in [2.24, 2.45) is 5.41 Å². The minimum Gasteiger partial charge on any atom is -0.382 e. The van der Waals surface area contributed by atoms with Gasteiger partial charge in [-0.1, -0.05) is 19.0 Å². The first-order chi connectivity index (χ1) is 18.3. The van der Waals surface area contributed by atoms with Crippen LogP contribution in [-0.2, 0) is 11.0 Å². The summed E-state index contributed by atoms with van der Waals surface area (Å²) >= 11 is 6.00. The van der Waals surface area contributed by atoms with Crippen LogP contribution in [0.2, 0.25) is 5.02 Å². The van der Waals surface area contributed by atoms with Gasteiger partial charge in [-0.3, -0.25) is 19.8 Å². The molecule has 2 heterocycles. The molecule has 2 aromatic rings. The molecule has 1 N–H and O–H groups in total. The summed E-state index contributed by atoms with van der Waals surface area (Å²) < 4.78 is 39.9. The Bertz CT molecular complexity index is 1180. The number of rotatable bonds is 7. The van der Waals surface area contributed by atoms with Crippen LogP contribution in [-0.4, -0.2) is 72.5 Å². The second-order valence-electron chi connectivity index (χ2n) is 10.8. The predicted molar refractivity (Wildman–Crippen MR) is 152 cm³/mol. The van der Waals surface area contributed by atoms with Crippen molar-refractivity contribution in [1.82, 2.24) is 9.80 Å². The third-order valence-electron chi connectivity index (χ3n) is 7.41. The summed E-state index contributed by atoms with van der Waals surface area (Å²) in [4.78, 5) is 29.8. The van der Waals surface area contributed by atoms with E-state index >= 15 is 0 Å². The van der Waals surface area contributed by atoms with Crippen molar-refractivity contribution in [2.75, 3.05) is 56.0 Å². The maximum atomic E-state index is 13.4. The number of amides is 1. The second-order valence-corrected chi connectivity index (χ2v) is 11.3. The van der Waals surface area contributed by atoms with Gasteiger partial charge < -0.3 is 15.1 Å². The van der Waals surface area contributed by atoms with Gasteiger partial charge in [0.2, 0.25) is 5.91 Å². The van der Waals surface area contributed by atoms with Crippen molar-refractivity contribution < 1.29 is 22.9 Å². The third kappa shape index (κ3) is 7.57. The standard InChI is InChI=1S/C27H33ClF3N5O3.CH4/c1-26(2,18-33-13-15-34(16-14-33)22-6-3-19(28)4-7-22)25(37)35-11-9-20(10-12-35)32-21-5-8-24(36(38)39)23(17-21)27(29,30)31;/h3-8,17,20,32H,9-16,18H2,1-2H3;1H4. The molecule has 0 spiro atoms. The lowest BCUT2D eigenvalue weighted by atomic mass is 9.89. The van der Waals surface area contributed by atoms with Gasteiger partial charge in [-0.25, -0.2) is 0 Å². The number of hydrogen-bond donors (Lipinski definition) is 1. The molecule has 2 fully saturated rings. The number of nitro benzene ring substituents is 1. The van der Waals surface area contributed by atoms with Crippen molar-refractivity contribution in [3.8, 4) is 0 Å². The number of piperidine rings is 1. The molecule has 0 aromatic heterocycles. The van der Waals surface area contributed by atoms with Crippen LogP contribution in [0.1, 0.15) is 39.7 Å². The molecule has 2 saturated heterocycles. The summed E-state index contributed by atoms with van der Waals surface area (Å²) in [6.07, 6.45) is -3.69. The number of piperazine rings is 1. The first kappa shape index (κ1) is 31.5. The molecule has 0 radical (unpaired) electrons. The normalized spacial score (nSPS) is 17.4. The Morgan fingerprint density at radius 1 is 1.02 bits per heavy atom. The largest absolute Gasteiger partial charge is 0.423 e. The van der Waals surface area contributed by atoms with Crippen LogP contribution in [0.3, 0.4) is 0 Å². The zero-order valence-corrected chi connectivity index (χ0v) is 22.8. The zero-order chi connectivity index (χ0) is 28.4. The van der Waals surface area contributed by atoms with Crippen LogP contribution in [0.25, 0.3) is 0 Å². The molecular formula is C28H37ClF3N5O3. The molecule has 0 unspecified atom stereocenters. The summed E-state index contributed by atoms with van der Waals surface area (Å²) in [6.45, 7) is 8.96. The Hall–Kier alpha value is -3.05. The number of anilines is 2. The van der Waals surface area contributed by atoms with Crippen molar-refractivity contribution in [1.29, 1.82) is 0 Å². The van der Waals surface area contributed by atoms with Crippen molar-refractivity contribution >= 4 is 34.6 Å². The molecule has 220 valence electrons. The van der Waals surface area contributed by atoms with Gasteiger partial charge in [-0.05, 0) is 63.1 Å². The van der Waals surface area contributed by atoms with Gasteiger partial charge in [0.15, 0.2) is 0 Å². The van der Waals surface area contributed by atoms with E-state index in [1.807, 2.05) is 43.0 Å². The fraction of sp³-hybridized carbons (Fsp3) is 0.536. The molecular weight excluding hydrogens is 547 g/mol. The van der Waals surface area contributed by atoms with E-state index in [9.17, 15) is 28.1 Å². The highest BCUT2D eigenvalue weighted by atomic mass is 35.5. The molecule has 2 aliphatic rings. The fourth-order valence-corrected chi connectivity index (χ4v) is 5.47. The average molecular weight is 584 g/mol. The number of alkyl halides is 3. The Kier molecular flexibility index (Phi) is 9.94. The molecule has 0 aliphatic carbocycles. The number of carbonyl (C=O) groups excluding carboxylic acids is 1. The van der Waals surface area contributed by atoms with E-state index in [1.54, 1.807) is 0 Å². The number of halogens is 4. The molecule has 2 aromatic carbocycles. The Morgan fingerprint density at radius 3 is 2.17 bits per heavy atom. The van der Waals surface area contributed by atoms with E-state index in [4.69, 9.17) is 11.6 Å². The third-order valence-corrected chi connectivity index (χ3v) is 7.67. The molecule has 0 atom stereocenters. The lowest BCUT2D eigenvalue weighted by Crippen LogP contribution is -2.54. The van der Waals surface area contributed by atoms with Crippen molar-refractivity contribution in [3.05, 3.63) is 63.2 Å². The van der Waals surface area contributed by atoms with Crippen molar-refractivity contribution in [3.63, 3.8) is 0 Å². The lowest BCUT2D eigenvalue weighted by molar-refractivity contribution is -0.388. The molecule has 40 heavy (non-hydrogen) atoms. The summed E-state index contributed by atoms with van der Waals surface area (Å²) in [5, 5.41) is 14.8. The van der Waals surface area contributed by atoms with Gasteiger partial charge in [0.25, 0.3) is 5.69 Å². The molecule has 1 amide bonds. The maximum absolute atomic E-state index is 13.4. The number of benzene rings is 2. The number of nitrogens with one attached hydrogen (secondary N) is 1. The minimum absolute atomic E-state index is 0. The topological polar surface area (TPSA) is 82.0 Å². The van der Waals surface area contributed by atoms with Crippen LogP contribution >= 0.6 is 11.6 Å². The molecule has 2 aliphatic heterocycles. The Labute approximate surface area is 238 Å². The van der Waals surface area contributed by atoms with Gasteiger partial charge in [-0.2, -0.15) is 13.2 Å². The van der Waals surface area contributed by atoms with E-state index in [0.717, 1.165) is 44.0 Å². The predicted octanol–water partition coefficient (Wildman–Crippen LogP) is 6.15. The second kappa shape index (κ2) is 12.6. The summed E-state index contributed by atoms with van der Waals surface area (Å²) in [6, 6.07) is 10.6. The van der Waals surface area contributed by atoms with Gasteiger partial charge in [0.05, 0.1) is 10.3 Å². The van der Waals surface area contributed by atoms with Crippen LogP contribution < -0.4 is 10.2 Å². The molecule has 0 bridgehead atoms. The van der Waals surface area contributed by atoms with Gasteiger partial charge >= 0.3 is 6.18 Å². The highest BCUT2D eigenvalue weighted by Crippen LogP contribution is 2.38. The van der Waals surface area contributed by atoms with E-state index < -0.39 is 27.8 Å².